The number of nitrogens with two attached hydrogens (primary N) is 1. The highest BCUT2D eigenvalue weighted by molar-refractivity contribution is 7.89. The summed E-state index contributed by atoms with van der Waals surface area (Å²) in [6, 6.07) is 4.41. The molecule has 1 aromatic rings. The van der Waals surface area contributed by atoms with E-state index in [1.54, 1.807) is 6.07 Å². The molecule has 0 spiro atoms. The molecule has 0 bridgehead atoms. The van der Waals surface area contributed by atoms with E-state index >= 15 is 0 Å². The Morgan fingerprint density at radius 1 is 1.50 bits per heavy atom. The van der Waals surface area contributed by atoms with Gasteiger partial charge < -0.3 is 15.6 Å². The third-order valence-electron chi connectivity index (χ3n) is 2.98. The van der Waals surface area contributed by atoms with Gasteiger partial charge in [0, 0.05) is 5.69 Å². The molecule has 0 amide bonds. The molecule has 100 valence electrons. The highest BCUT2D eigenvalue weighted by atomic mass is 32.2. The Bertz CT molecular complexity index is 552. The van der Waals surface area contributed by atoms with Gasteiger partial charge in [0.25, 0.3) is 0 Å². The van der Waals surface area contributed by atoms with Crippen molar-refractivity contribution in [3.63, 3.8) is 0 Å². The van der Waals surface area contributed by atoms with Crippen molar-refractivity contribution in [2.45, 2.75) is 23.3 Å². The van der Waals surface area contributed by atoms with Crippen LogP contribution in [0.25, 0.3) is 0 Å². The molecule has 2 rings (SSSR count). The molecule has 1 saturated carbocycles. The minimum atomic E-state index is -3.75. The zero-order valence-electron chi connectivity index (χ0n) is 10.0. The summed E-state index contributed by atoms with van der Waals surface area (Å²) in [7, 11) is -2.36. The Balaban J connectivity index is 2.37. The molecule has 0 atom stereocenters. The Labute approximate surface area is 106 Å². The first-order valence-electron chi connectivity index (χ1n) is 5.51. The van der Waals surface area contributed by atoms with Crippen LogP contribution in [0.4, 0.5) is 5.69 Å². The van der Waals surface area contributed by atoms with Gasteiger partial charge in [-0.05, 0) is 31.0 Å². The van der Waals surface area contributed by atoms with Crippen LogP contribution in [0.15, 0.2) is 23.1 Å². The van der Waals surface area contributed by atoms with Crippen molar-refractivity contribution in [2.75, 3.05) is 19.5 Å². The Hall–Kier alpha value is -1.31. The summed E-state index contributed by atoms with van der Waals surface area (Å²) in [5.41, 5.74) is 5.22. The van der Waals surface area contributed by atoms with Crippen LogP contribution < -0.4 is 15.2 Å². The topological polar surface area (TPSA) is 102 Å². The van der Waals surface area contributed by atoms with Crippen molar-refractivity contribution in [1.29, 1.82) is 0 Å². The lowest BCUT2D eigenvalue weighted by Crippen LogP contribution is -2.39. The van der Waals surface area contributed by atoms with Crippen LogP contribution in [0.3, 0.4) is 0 Å². The fourth-order valence-electron chi connectivity index (χ4n) is 1.69. The third-order valence-corrected chi connectivity index (χ3v) is 4.58. The van der Waals surface area contributed by atoms with E-state index in [4.69, 9.17) is 15.6 Å². The van der Waals surface area contributed by atoms with Crippen molar-refractivity contribution in [2.24, 2.45) is 0 Å². The minimum absolute atomic E-state index is 0.00951. The summed E-state index contributed by atoms with van der Waals surface area (Å²) >= 11 is 0. The molecule has 1 aliphatic rings. The standard InChI is InChI=1S/C11H16N2O4S/c1-17-9-3-2-8(12)6-10(9)18(15,16)13-11(7-14)4-5-11/h2-3,6,13-14H,4-5,7,12H2,1H3. The molecule has 1 aliphatic carbocycles. The molecule has 0 unspecified atom stereocenters. The van der Waals surface area contributed by atoms with Crippen LogP contribution in [0.1, 0.15) is 12.8 Å². The largest absolute Gasteiger partial charge is 0.495 e. The van der Waals surface area contributed by atoms with Crippen molar-refractivity contribution < 1.29 is 18.3 Å². The molecule has 0 saturated heterocycles. The second-order valence-corrected chi connectivity index (χ2v) is 6.11. The Morgan fingerprint density at radius 2 is 2.17 bits per heavy atom. The van der Waals surface area contributed by atoms with Crippen molar-refractivity contribution in [3.8, 4) is 5.75 Å². The van der Waals surface area contributed by atoms with Crippen LogP contribution >= 0.6 is 0 Å². The van der Waals surface area contributed by atoms with Gasteiger partial charge in [-0.25, -0.2) is 13.1 Å². The molecule has 6 nitrogen and oxygen atoms in total. The van der Waals surface area contributed by atoms with E-state index in [1.165, 1.54) is 19.2 Å². The molecule has 0 heterocycles. The molecule has 0 aliphatic heterocycles. The third kappa shape index (κ3) is 2.43. The predicted molar refractivity (Wildman–Crippen MR) is 66.8 cm³/mol. The van der Waals surface area contributed by atoms with Gasteiger partial charge >= 0.3 is 0 Å². The summed E-state index contributed by atoms with van der Waals surface area (Å²) in [5.74, 6) is 0.227. The van der Waals surface area contributed by atoms with Gasteiger partial charge in [-0.15, -0.1) is 0 Å². The van der Waals surface area contributed by atoms with E-state index in [1.807, 2.05) is 0 Å². The first kappa shape index (κ1) is 13.1. The van der Waals surface area contributed by atoms with E-state index in [9.17, 15) is 8.42 Å². The lowest BCUT2D eigenvalue weighted by molar-refractivity contribution is 0.246. The van der Waals surface area contributed by atoms with Gasteiger partial charge in [0.2, 0.25) is 10.0 Å². The lowest BCUT2D eigenvalue weighted by atomic mass is 10.3. The van der Waals surface area contributed by atoms with E-state index in [2.05, 4.69) is 4.72 Å². The maximum atomic E-state index is 12.2. The number of hydrogen-bond acceptors (Lipinski definition) is 5. The summed E-state index contributed by atoms with van der Waals surface area (Å²) in [5, 5.41) is 9.16. The second-order valence-electron chi connectivity index (χ2n) is 4.45. The molecule has 7 heteroatoms. The van der Waals surface area contributed by atoms with Gasteiger partial charge in [0.1, 0.15) is 10.6 Å². The first-order chi connectivity index (χ1) is 8.42. The van der Waals surface area contributed by atoms with Crippen molar-refractivity contribution in [3.05, 3.63) is 18.2 Å². The lowest BCUT2D eigenvalue weighted by Gasteiger charge is -2.16. The maximum Gasteiger partial charge on any atom is 0.244 e. The SMILES string of the molecule is COc1ccc(N)cc1S(=O)(=O)NC1(CO)CC1. The fourth-order valence-corrected chi connectivity index (χ4v) is 3.34. The van der Waals surface area contributed by atoms with Gasteiger partial charge in [0.15, 0.2) is 0 Å². The monoisotopic (exact) mass is 272 g/mol. The van der Waals surface area contributed by atoms with E-state index in [0.29, 0.717) is 18.5 Å². The number of ether oxygens (including phenoxy) is 1. The molecular weight excluding hydrogens is 256 g/mol. The van der Waals surface area contributed by atoms with E-state index in [0.717, 1.165) is 0 Å². The molecular formula is C11H16N2O4S. The average molecular weight is 272 g/mol. The number of sulfonamides is 1. The molecule has 18 heavy (non-hydrogen) atoms. The van der Waals surface area contributed by atoms with Crippen molar-refractivity contribution >= 4 is 15.7 Å². The van der Waals surface area contributed by atoms with E-state index in [-0.39, 0.29) is 17.3 Å². The summed E-state index contributed by atoms with van der Waals surface area (Å²) in [4.78, 5) is -0.00951. The number of benzene rings is 1. The number of rotatable bonds is 5. The quantitative estimate of drug-likeness (QED) is 0.659. The molecule has 0 aromatic heterocycles. The predicted octanol–water partition coefficient (Wildman–Crippen LogP) is 0.0806. The zero-order valence-corrected chi connectivity index (χ0v) is 10.8. The summed E-state index contributed by atoms with van der Waals surface area (Å²) in [6.45, 7) is -0.211. The molecule has 1 aromatic carbocycles. The van der Waals surface area contributed by atoms with Gasteiger partial charge in [-0.2, -0.15) is 0 Å². The smallest absolute Gasteiger partial charge is 0.244 e. The minimum Gasteiger partial charge on any atom is -0.495 e. The second kappa shape index (κ2) is 4.42. The normalized spacial score (nSPS) is 17.4. The number of aliphatic hydroxyl groups excluding tert-OH is 1. The molecule has 4 N–H and O–H groups in total. The van der Waals surface area contributed by atoms with Gasteiger partial charge in [-0.3, -0.25) is 0 Å². The van der Waals surface area contributed by atoms with Crippen LogP contribution in [0.5, 0.6) is 5.75 Å². The molecule has 0 radical (unpaired) electrons. The zero-order chi connectivity index (χ0) is 13.4. The van der Waals surface area contributed by atoms with Crippen LogP contribution in [0, 0.1) is 0 Å². The Morgan fingerprint density at radius 3 is 2.67 bits per heavy atom. The summed E-state index contributed by atoms with van der Waals surface area (Å²) in [6.07, 6.45) is 1.26. The highest BCUT2D eigenvalue weighted by Crippen LogP contribution is 2.37. The van der Waals surface area contributed by atoms with Crippen LogP contribution in [-0.2, 0) is 10.0 Å². The number of hydrogen-bond donors (Lipinski definition) is 3. The fraction of sp³-hybridized carbons (Fsp3) is 0.455. The maximum absolute atomic E-state index is 12.2. The first-order valence-corrected chi connectivity index (χ1v) is 6.99. The van der Waals surface area contributed by atoms with Crippen LogP contribution in [0.2, 0.25) is 0 Å². The number of aliphatic hydroxyl groups is 1. The van der Waals surface area contributed by atoms with Gasteiger partial charge in [0.05, 0.1) is 19.3 Å². The van der Waals surface area contributed by atoms with Crippen molar-refractivity contribution in [1.82, 2.24) is 4.72 Å². The number of nitrogens with one attached hydrogen (secondary N) is 1. The number of anilines is 1. The Kier molecular flexibility index (Phi) is 3.22. The molecule has 1 fully saturated rings. The highest BCUT2D eigenvalue weighted by Gasteiger charge is 2.46. The van der Waals surface area contributed by atoms with E-state index < -0.39 is 15.6 Å². The number of methoxy groups -OCH3 is 1. The summed E-state index contributed by atoms with van der Waals surface area (Å²) < 4.78 is 32.0. The van der Waals surface area contributed by atoms with Gasteiger partial charge in [-0.1, -0.05) is 0 Å². The number of nitrogen functional groups attached to an aromatic ring is 1. The van der Waals surface area contributed by atoms with Crippen LogP contribution in [-0.4, -0.2) is 32.8 Å². The average Bonchev–Trinajstić information content (AvgIpc) is 3.09.